The minimum absolute atomic E-state index is 0.0889. The Morgan fingerprint density at radius 3 is 3.00 bits per heavy atom. The second-order valence-corrected chi connectivity index (χ2v) is 4.90. The molecule has 5 nitrogen and oxygen atoms in total. The van der Waals surface area contributed by atoms with Crippen LogP contribution < -0.4 is 5.73 Å². The van der Waals surface area contributed by atoms with Crippen molar-refractivity contribution in [3.05, 3.63) is 22.6 Å². The summed E-state index contributed by atoms with van der Waals surface area (Å²) in [7, 11) is 0. The van der Waals surface area contributed by atoms with Crippen molar-refractivity contribution >= 4 is 21.8 Å². The van der Waals surface area contributed by atoms with Gasteiger partial charge in [0.15, 0.2) is 10.4 Å². The molecule has 0 saturated carbocycles. The van der Waals surface area contributed by atoms with E-state index in [4.69, 9.17) is 14.9 Å². The van der Waals surface area contributed by atoms with E-state index in [0.29, 0.717) is 30.1 Å². The molecule has 1 aromatic rings. The first-order valence-electron chi connectivity index (χ1n) is 5.49. The first-order valence-corrected chi connectivity index (χ1v) is 6.29. The van der Waals surface area contributed by atoms with Crippen molar-refractivity contribution in [3.63, 3.8) is 0 Å². The van der Waals surface area contributed by atoms with Crippen LogP contribution in [0.1, 0.15) is 17.5 Å². The first kappa shape index (κ1) is 12.6. The SMILES string of the molecule is CC(N)C1CN(C(=O)c2ccc(Br)o2)CCO1. The van der Waals surface area contributed by atoms with Crippen LogP contribution in [-0.2, 0) is 4.74 Å². The number of furan rings is 1. The van der Waals surface area contributed by atoms with E-state index < -0.39 is 0 Å². The number of halogens is 1. The summed E-state index contributed by atoms with van der Waals surface area (Å²) >= 11 is 3.18. The molecule has 0 radical (unpaired) electrons. The summed E-state index contributed by atoms with van der Waals surface area (Å²) in [4.78, 5) is 13.8. The van der Waals surface area contributed by atoms with Crippen molar-refractivity contribution in [2.24, 2.45) is 5.73 Å². The molecule has 1 aromatic heterocycles. The Labute approximate surface area is 108 Å². The summed E-state index contributed by atoms with van der Waals surface area (Å²) in [5, 5.41) is 0. The van der Waals surface area contributed by atoms with Crippen LogP contribution >= 0.6 is 15.9 Å². The Kier molecular flexibility index (Phi) is 3.86. The highest BCUT2D eigenvalue weighted by molar-refractivity contribution is 9.10. The molecule has 2 N–H and O–H groups in total. The van der Waals surface area contributed by atoms with Gasteiger partial charge in [0, 0.05) is 19.1 Å². The third kappa shape index (κ3) is 2.88. The average Bonchev–Trinajstić information content (AvgIpc) is 2.75. The number of carbonyl (C=O) groups excluding carboxylic acids is 1. The molecule has 2 heterocycles. The van der Waals surface area contributed by atoms with Crippen molar-refractivity contribution in [3.8, 4) is 0 Å². The van der Waals surface area contributed by atoms with Crippen LogP contribution in [0.3, 0.4) is 0 Å². The lowest BCUT2D eigenvalue weighted by Crippen LogP contribution is -2.51. The summed E-state index contributed by atoms with van der Waals surface area (Å²) in [5.74, 6) is 0.215. The monoisotopic (exact) mass is 302 g/mol. The number of hydrogen-bond acceptors (Lipinski definition) is 4. The highest BCUT2D eigenvalue weighted by atomic mass is 79.9. The second kappa shape index (κ2) is 5.20. The van der Waals surface area contributed by atoms with Gasteiger partial charge >= 0.3 is 0 Å². The molecule has 17 heavy (non-hydrogen) atoms. The van der Waals surface area contributed by atoms with E-state index >= 15 is 0 Å². The van der Waals surface area contributed by atoms with E-state index in [1.807, 2.05) is 6.92 Å². The van der Waals surface area contributed by atoms with Gasteiger partial charge < -0.3 is 19.8 Å². The van der Waals surface area contributed by atoms with Crippen molar-refractivity contribution in [2.75, 3.05) is 19.7 Å². The maximum absolute atomic E-state index is 12.1. The van der Waals surface area contributed by atoms with Gasteiger partial charge in [0.05, 0.1) is 12.7 Å². The molecule has 6 heteroatoms. The molecule has 1 fully saturated rings. The molecule has 0 aliphatic carbocycles. The lowest BCUT2D eigenvalue weighted by molar-refractivity contribution is -0.0308. The van der Waals surface area contributed by atoms with Gasteiger partial charge in [0.2, 0.25) is 0 Å². The van der Waals surface area contributed by atoms with E-state index in [1.165, 1.54) is 0 Å². The molecule has 2 rings (SSSR count). The van der Waals surface area contributed by atoms with E-state index in [2.05, 4.69) is 15.9 Å². The molecule has 1 amide bonds. The fourth-order valence-electron chi connectivity index (χ4n) is 1.76. The summed E-state index contributed by atoms with van der Waals surface area (Å²) in [6.07, 6.45) is -0.105. The molecule has 2 atom stereocenters. The minimum atomic E-state index is -0.121. The van der Waals surface area contributed by atoms with E-state index in [-0.39, 0.29) is 18.1 Å². The van der Waals surface area contributed by atoms with Gasteiger partial charge in [-0.3, -0.25) is 4.79 Å². The van der Waals surface area contributed by atoms with Crippen LogP contribution in [0, 0.1) is 0 Å². The Hall–Kier alpha value is -0.850. The Bertz CT molecular complexity index is 405. The number of morpholine rings is 1. The van der Waals surface area contributed by atoms with Gasteiger partial charge in [-0.15, -0.1) is 0 Å². The van der Waals surface area contributed by atoms with Gasteiger partial charge in [-0.2, -0.15) is 0 Å². The van der Waals surface area contributed by atoms with Crippen molar-refractivity contribution < 1.29 is 13.9 Å². The number of hydrogen-bond donors (Lipinski definition) is 1. The number of ether oxygens (including phenoxy) is 1. The standard InChI is InChI=1S/C11H15BrN2O3/c1-7(13)9-6-14(4-5-16-9)11(15)8-2-3-10(12)17-8/h2-3,7,9H,4-6,13H2,1H3. The fraction of sp³-hybridized carbons (Fsp3) is 0.545. The van der Waals surface area contributed by atoms with Gasteiger partial charge in [0.25, 0.3) is 5.91 Å². The van der Waals surface area contributed by atoms with Crippen LogP contribution in [0.4, 0.5) is 0 Å². The lowest BCUT2D eigenvalue weighted by atomic mass is 10.1. The molecule has 94 valence electrons. The molecule has 0 spiro atoms. The van der Waals surface area contributed by atoms with Crippen LogP contribution in [0.5, 0.6) is 0 Å². The van der Waals surface area contributed by atoms with E-state index in [9.17, 15) is 4.79 Å². The zero-order valence-corrected chi connectivity index (χ0v) is 11.1. The smallest absolute Gasteiger partial charge is 0.289 e. The quantitative estimate of drug-likeness (QED) is 0.892. The van der Waals surface area contributed by atoms with Crippen molar-refractivity contribution in [1.29, 1.82) is 0 Å². The number of rotatable bonds is 2. The normalized spacial score (nSPS) is 22.5. The maximum Gasteiger partial charge on any atom is 0.289 e. The van der Waals surface area contributed by atoms with Crippen LogP contribution in [0.25, 0.3) is 0 Å². The number of nitrogens with zero attached hydrogens (tertiary/aromatic N) is 1. The predicted molar refractivity (Wildman–Crippen MR) is 65.7 cm³/mol. The molecule has 1 aliphatic heterocycles. The average molecular weight is 303 g/mol. The molecule has 0 aromatic carbocycles. The minimum Gasteiger partial charge on any atom is -0.444 e. The predicted octanol–water partition coefficient (Wildman–Crippen LogP) is 1.23. The van der Waals surface area contributed by atoms with Crippen LogP contribution in [0.2, 0.25) is 0 Å². The summed E-state index contributed by atoms with van der Waals surface area (Å²) < 4.78 is 11.3. The molecule has 2 unspecified atom stereocenters. The largest absolute Gasteiger partial charge is 0.444 e. The summed E-state index contributed by atoms with van der Waals surface area (Å²) in [5.41, 5.74) is 5.78. The lowest BCUT2D eigenvalue weighted by Gasteiger charge is -2.34. The molecular weight excluding hydrogens is 288 g/mol. The van der Waals surface area contributed by atoms with Crippen molar-refractivity contribution in [2.45, 2.75) is 19.1 Å². The van der Waals surface area contributed by atoms with E-state index in [0.717, 1.165) is 0 Å². The number of amides is 1. The Morgan fingerprint density at radius 1 is 1.65 bits per heavy atom. The van der Waals surface area contributed by atoms with E-state index in [1.54, 1.807) is 17.0 Å². The van der Waals surface area contributed by atoms with Crippen LogP contribution in [-0.4, -0.2) is 42.6 Å². The Morgan fingerprint density at radius 2 is 2.41 bits per heavy atom. The summed E-state index contributed by atoms with van der Waals surface area (Å²) in [6, 6.07) is 3.27. The van der Waals surface area contributed by atoms with Crippen molar-refractivity contribution in [1.82, 2.24) is 4.90 Å². The first-order chi connectivity index (χ1) is 8.08. The zero-order chi connectivity index (χ0) is 12.4. The van der Waals surface area contributed by atoms with Crippen LogP contribution in [0.15, 0.2) is 21.2 Å². The molecular formula is C11H15BrN2O3. The van der Waals surface area contributed by atoms with Gasteiger partial charge in [0.1, 0.15) is 0 Å². The molecule has 0 bridgehead atoms. The third-order valence-corrected chi connectivity index (χ3v) is 3.18. The highest BCUT2D eigenvalue weighted by Crippen LogP contribution is 2.17. The van der Waals surface area contributed by atoms with Gasteiger partial charge in [-0.05, 0) is 35.0 Å². The second-order valence-electron chi connectivity index (χ2n) is 4.12. The zero-order valence-electron chi connectivity index (χ0n) is 9.56. The van der Waals surface area contributed by atoms with Gasteiger partial charge in [-0.25, -0.2) is 0 Å². The topological polar surface area (TPSA) is 68.7 Å². The number of nitrogens with two attached hydrogens (primary N) is 1. The Balaban J connectivity index is 2.04. The molecule has 1 saturated heterocycles. The highest BCUT2D eigenvalue weighted by Gasteiger charge is 2.28. The van der Waals surface area contributed by atoms with Gasteiger partial charge in [-0.1, -0.05) is 0 Å². The third-order valence-electron chi connectivity index (χ3n) is 2.75. The maximum atomic E-state index is 12.1. The number of carbonyl (C=O) groups is 1. The molecule has 1 aliphatic rings. The summed E-state index contributed by atoms with van der Waals surface area (Å²) in [6.45, 7) is 3.47. The fourth-order valence-corrected chi connectivity index (χ4v) is 2.07.